The molecule has 3 unspecified atom stereocenters. The molecule has 1 fully saturated rings. The molecule has 1 saturated carbocycles. The molecule has 2 aliphatic rings. The lowest BCUT2D eigenvalue weighted by atomic mass is 9.98. The van der Waals surface area contributed by atoms with Gasteiger partial charge in [-0.2, -0.15) is 0 Å². The quantitative estimate of drug-likeness (QED) is 0.468. The Morgan fingerprint density at radius 3 is 2.26 bits per heavy atom. The Kier molecular flexibility index (Phi) is 7.05. The van der Waals surface area contributed by atoms with E-state index in [-0.39, 0.29) is 25.5 Å². The minimum absolute atomic E-state index is 0.0491. The summed E-state index contributed by atoms with van der Waals surface area (Å²) in [4.78, 5) is 35.1. The first-order chi connectivity index (χ1) is 16.7. The predicted octanol–water partition coefficient (Wildman–Crippen LogP) is 4.17. The second kappa shape index (κ2) is 10.0. The highest BCUT2D eigenvalue weighted by Gasteiger charge is 2.71. The maximum Gasteiger partial charge on any atom is 0.407 e. The number of carbonyl (C=O) groups is 3. The Morgan fingerprint density at radius 2 is 1.66 bits per heavy atom. The monoisotopic (exact) mass is 486 g/mol. The SMILES string of the molecule is CC(CCCC(=O)O)NC(=O)C1C(CNC(=O)OCC2c3ccccc3-c3ccccc32)C1(F)F. The summed E-state index contributed by atoms with van der Waals surface area (Å²) in [7, 11) is 0. The summed E-state index contributed by atoms with van der Waals surface area (Å²) in [5, 5.41) is 13.6. The van der Waals surface area contributed by atoms with E-state index in [0.717, 1.165) is 22.3 Å². The molecule has 3 atom stereocenters. The number of halogens is 2. The fourth-order valence-electron chi connectivity index (χ4n) is 4.81. The number of aliphatic carboxylic acids is 1. The molecule has 0 radical (unpaired) electrons. The van der Waals surface area contributed by atoms with E-state index in [0.29, 0.717) is 12.8 Å². The van der Waals surface area contributed by atoms with Crippen molar-refractivity contribution in [2.24, 2.45) is 11.8 Å². The van der Waals surface area contributed by atoms with Gasteiger partial charge >= 0.3 is 12.1 Å². The first-order valence-electron chi connectivity index (χ1n) is 11.7. The number of carboxylic acids is 1. The maximum absolute atomic E-state index is 14.2. The molecule has 9 heteroatoms. The number of hydrogen-bond acceptors (Lipinski definition) is 4. The molecule has 0 aromatic heterocycles. The smallest absolute Gasteiger partial charge is 0.407 e. The van der Waals surface area contributed by atoms with Crippen LogP contribution in [0.3, 0.4) is 0 Å². The second-order valence-electron chi connectivity index (χ2n) is 9.16. The number of alkyl halides is 2. The number of fused-ring (bicyclic) bond motifs is 3. The van der Waals surface area contributed by atoms with E-state index in [1.807, 2.05) is 48.5 Å². The van der Waals surface area contributed by atoms with Gasteiger partial charge in [-0.3, -0.25) is 9.59 Å². The first-order valence-corrected chi connectivity index (χ1v) is 11.7. The number of nitrogens with one attached hydrogen (secondary N) is 2. The number of benzene rings is 2. The molecule has 0 spiro atoms. The van der Waals surface area contributed by atoms with Gasteiger partial charge in [0, 0.05) is 24.9 Å². The molecule has 0 bridgehead atoms. The summed E-state index contributed by atoms with van der Waals surface area (Å²) < 4.78 is 33.8. The number of amides is 2. The average Bonchev–Trinajstić information content (AvgIpc) is 3.22. The van der Waals surface area contributed by atoms with Gasteiger partial charge in [-0.05, 0) is 42.0 Å². The van der Waals surface area contributed by atoms with Crippen LogP contribution < -0.4 is 10.6 Å². The van der Waals surface area contributed by atoms with E-state index in [4.69, 9.17) is 9.84 Å². The summed E-state index contributed by atoms with van der Waals surface area (Å²) in [6, 6.07) is 15.3. The van der Waals surface area contributed by atoms with Crippen LogP contribution in [0.1, 0.15) is 43.2 Å². The van der Waals surface area contributed by atoms with Crippen molar-refractivity contribution >= 4 is 18.0 Å². The largest absolute Gasteiger partial charge is 0.481 e. The summed E-state index contributed by atoms with van der Waals surface area (Å²) in [5.74, 6) is -7.94. The zero-order valence-electron chi connectivity index (χ0n) is 19.3. The third-order valence-electron chi connectivity index (χ3n) is 6.71. The van der Waals surface area contributed by atoms with Crippen molar-refractivity contribution in [1.29, 1.82) is 0 Å². The van der Waals surface area contributed by atoms with Gasteiger partial charge in [0.15, 0.2) is 0 Å². The van der Waals surface area contributed by atoms with Gasteiger partial charge in [0.1, 0.15) is 12.5 Å². The number of carboxylic acid groups (broad SMARTS) is 1. The molecule has 186 valence electrons. The van der Waals surface area contributed by atoms with Crippen LogP contribution in [0.15, 0.2) is 48.5 Å². The van der Waals surface area contributed by atoms with Crippen LogP contribution in [-0.2, 0) is 14.3 Å². The lowest BCUT2D eigenvalue weighted by molar-refractivity contribution is -0.137. The fourth-order valence-corrected chi connectivity index (χ4v) is 4.81. The van der Waals surface area contributed by atoms with Gasteiger partial charge in [-0.1, -0.05) is 48.5 Å². The van der Waals surface area contributed by atoms with Crippen molar-refractivity contribution in [2.45, 2.75) is 44.1 Å². The average molecular weight is 487 g/mol. The normalized spacial score (nSPS) is 20.3. The summed E-state index contributed by atoms with van der Waals surface area (Å²) in [5.41, 5.74) is 4.26. The molecule has 4 rings (SSSR count). The number of alkyl carbamates (subject to hydrolysis) is 1. The lowest BCUT2D eigenvalue weighted by Gasteiger charge is -2.14. The van der Waals surface area contributed by atoms with Crippen molar-refractivity contribution in [3.05, 3.63) is 59.7 Å². The van der Waals surface area contributed by atoms with Crippen LogP contribution in [0, 0.1) is 11.8 Å². The highest BCUT2D eigenvalue weighted by molar-refractivity contribution is 5.84. The first kappa shape index (κ1) is 24.6. The van der Waals surface area contributed by atoms with Crippen LogP contribution in [0.4, 0.5) is 13.6 Å². The molecule has 0 saturated heterocycles. The molecule has 0 aliphatic heterocycles. The molecule has 35 heavy (non-hydrogen) atoms. The topological polar surface area (TPSA) is 105 Å². The van der Waals surface area contributed by atoms with Crippen molar-refractivity contribution < 1.29 is 33.0 Å². The number of carbonyl (C=O) groups excluding carboxylic acids is 2. The zero-order valence-corrected chi connectivity index (χ0v) is 19.3. The van der Waals surface area contributed by atoms with E-state index < -0.39 is 41.8 Å². The van der Waals surface area contributed by atoms with Crippen molar-refractivity contribution in [1.82, 2.24) is 10.6 Å². The van der Waals surface area contributed by atoms with Crippen LogP contribution in [-0.4, -0.2) is 48.2 Å². The lowest BCUT2D eigenvalue weighted by Crippen LogP contribution is -2.35. The molecule has 2 aromatic carbocycles. The Bertz CT molecular complexity index is 1080. The van der Waals surface area contributed by atoms with Crippen molar-refractivity contribution in [2.75, 3.05) is 13.2 Å². The molecule has 2 aromatic rings. The Hall–Kier alpha value is -3.49. The van der Waals surface area contributed by atoms with Crippen molar-refractivity contribution in [3.8, 4) is 11.1 Å². The van der Waals surface area contributed by atoms with Gasteiger partial charge in [0.05, 0.1) is 5.92 Å². The summed E-state index contributed by atoms with van der Waals surface area (Å²) in [6.45, 7) is 1.33. The highest BCUT2D eigenvalue weighted by Crippen LogP contribution is 2.55. The van der Waals surface area contributed by atoms with Gasteiger partial charge in [-0.25, -0.2) is 13.6 Å². The molecular weight excluding hydrogens is 458 g/mol. The molecule has 3 N–H and O–H groups in total. The summed E-state index contributed by atoms with van der Waals surface area (Å²) in [6.07, 6.45) is -0.147. The minimum Gasteiger partial charge on any atom is -0.481 e. The molecule has 2 aliphatic carbocycles. The van der Waals surface area contributed by atoms with Gasteiger partial charge in [-0.15, -0.1) is 0 Å². The maximum atomic E-state index is 14.2. The minimum atomic E-state index is -3.22. The van der Waals surface area contributed by atoms with Crippen molar-refractivity contribution in [3.63, 3.8) is 0 Å². The van der Waals surface area contributed by atoms with E-state index in [9.17, 15) is 23.2 Å². The molecule has 2 amide bonds. The number of ether oxygens (including phenoxy) is 1. The standard InChI is InChI=1S/C26H28F2N2O5/c1-15(7-6-12-22(31)32)30-24(33)23-21(26(23,27)28)13-29-25(34)35-14-20-18-10-4-2-8-16(18)17-9-3-5-11-19(17)20/h2-5,8-11,15,20-21,23H,6-7,12-14H2,1H3,(H,29,34)(H,30,33)(H,31,32). The molecular formula is C26H28F2N2O5. The van der Waals surface area contributed by atoms with Gasteiger partial charge < -0.3 is 20.5 Å². The number of rotatable bonds is 10. The highest BCUT2D eigenvalue weighted by atomic mass is 19.3. The predicted molar refractivity (Wildman–Crippen MR) is 124 cm³/mol. The van der Waals surface area contributed by atoms with Gasteiger partial charge in [0.2, 0.25) is 5.91 Å². The number of hydrogen-bond donors (Lipinski definition) is 3. The fraction of sp³-hybridized carbons (Fsp3) is 0.423. The van der Waals surface area contributed by atoms with E-state index >= 15 is 0 Å². The Labute approximate surface area is 201 Å². The summed E-state index contributed by atoms with van der Waals surface area (Å²) >= 11 is 0. The molecule has 0 heterocycles. The zero-order chi connectivity index (χ0) is 25.2. The van der Waals surface area contributed by atoms with E-state index in [2.05, 4.69) is 10.6 Å². The Morgan fingerprint density at radius 1 is 1.06 bits per heavy atom. The third kappa shape index (κ3) is 5.28. The van der Waals surface area contributed by atoms with E-state index in [1.165, 1.54) is 0 Å². The van der Waals surface area contributed by atoms with Gasteiger partial charge in [0.25, 0.3) is 5.92 Å². The van der Waals surface area contributed by atoms with Crippen LogP contribution in [0.5, 0.6) is 0 Å². The Balaban J connectivity index is 1.26. The second-order valence-corrected chi connectivity index (χ2v) is 9.16. The molecule has 7 nitrogen and oxygen atoms in total. The van der Waals surface area contributed by atoms with Crippen LogP contribution >= 0.6 is 0 Å². The van der Waals surface area contributed by atoms with E-state index in [1.54, 1.807) is 6.92 Å². The third-order valence-corrected chi connectivity index (χ3v) is 6.71. The van der Waals surface area contributed by atoms with Crippen LogP contribution in [0.2, 0.25) is 0 Å². The van der Waals surface area contributed by atoms with Crippen LogP contribution in [0.25, 0.3) is 11.1 Å².